The minimum atomic E-state index is -0.541. The normalized spacial score (nSPS) is 11.6. The van der Waals surface area contributed by atoms with Crippen LogP contribution in [0, 0.1) is 0 Å². The van der Waals surface area contributed by atoms with Gasteiger partial charge in [-0.25, -0.2) is 4.79 Å². The van der Waals surface area contributed by atoms with Crippen molar-refractivity contribution in [1.29, 1.82) is 0 Å². The maximum atomic E-state index is 12.8. The second-order valence-corrected chi connectivity index (χ2v) is 7.72. The molecule has 1 aromatic heterocycles. The first-order valence-electron chi connectivity index (χ1n) is 10.8. The molecule has 0 aliphatic carbocycles. The van der Waals surface area contributed by atoms with E-state index in [1.165, 1.54) is 0 Å². The number of nitrogens with one attached hydrogen (secondary N) is 1. The molecule has 5 heteroatoms. The van der Waals surface area contributed by atoms with E-state index in [-0.39, 0.29) is 11.6 Å². The van der Waals surface area contributed by atoms with Gasteiger partial charge in [-0.3, -0.25) is 4.79 Å². The smallest absolute Gasteiger partial charge is 0.354 e. The van der Waals surface area contributed by atoms with Crippen LogP contribution in [-0.2, 0) is 16.6 Å². The Kier molecular flexibility index (Phi) is 6.36. The highest BCUT2D eigenvalue weighted by atomic mass is 16.5. The molecule has 0 radical (unpaired) electrons. The van der Waals surface area contributed by atoms with Crippen molar-refractivity contribution in [3.05, 3.63) is 89.6 Å². The second kappa shape index (κ2) is 9.52. The highest BCUT2D eigenvalue weighted by molar-refractivity contribution is 6.09. The predicted molar refractivity (Wildman–Crippen MR) is 128 cm³/mol. The molecule has 1 heterocycles. The van der Waals surface area contributed by atoms with Gasteiger partial charge in [-0.2, -0.15) is 0 Å². The Morgan fingerprint density at radius 2 is 1.66 bits per heavy atom. The van der Waals surface area contributed by atoms with E-state index in [4.69, 9.17) is 4.74 Å². The predicted octanol–water partition coefficient (Wildman–Crippen LogP) is 5.45. The van der Waals surface area contributed by atoms with Crippen molar-refractivity contribution in [3.63, 3.8) is 0 Å². The summed E-state index contributed by atoms with van der Waals surface area (Å²) in [6.45, 7) is 2.34. The molecule has 0 spiro atoms. The van der Waals surface area contributed by atoms with Crippen molar-refractivity contribution in [2.45, 2.75) is 19.8 Å². The van der Waals surface area contributed by atoms with E-state index >= 15 is 0 Å². The first-order chi connectivity index (χ1) is 15.6. The van der Waals surface area contributed by atoms with Gasteiger partial charge in [-0.05, 0) is 48.4 Å². The molecule has 0 aliphatic rings. The SMILES string of the molecule is CCCCOC(=O)/C(=C\c1ccc2c(c1)c1ccccc1n2C)NC(=O)c1ccccc1. The molecule has 0 saturated carbocycles. The molecule has 0 fully saturated rings. The molecule has 4 aromatic rings. The van der Waals surface area contributed by atoms with E-state index in [0.717, 1.165) is 40.2 Å². The van der Waals surface area contributed by atoms with E-state index in [9.17, 15) is 9.59 Å². The largest absolute Gasteiger partial charge is 0.461 e. The van der Waals surface area contributed by atoms with Gasteiger partial charge in [-0.15, -0.1) is 0 Å². The number of para-hydroxylation sites is 1. The highest BCUT2D eigenvalue weighted by Crippen LogP contribution is 2.29. The summed E-state index contributed by atoms with van der Waals surface area (Å²) in [6.07, 6.45) is 3.37. The lowest BCUT2D eigenvalue weighted by atomic mass is 10.1. The summed E-state index contributed by atoms with van der Waals surface area (Å²) in [5, 5.41) is 4.97. The minimum absolute atomic E-state index is 0.120. The van der Waals surface area contributed by atoms with Crippen molar-refractivity contribution in [2.75, 3.05) is 6.61 Å². The van der Waals surface area contributed by atoms with Gasteiger partial charge in [0.15, 0.2) is 0 Å². The summed E-state index contributed by atoms with van der Waals surface area (Å²) in [7, 11) is 2.04. The number of amides is 1. The van der Waals surface area contributed by atoms with Crippen LogP contribution in [0.25, 0.3) is 27.9 Å². The number of unbranched alkanes of at least 4 members (excludes halogenated alkanes) is 1. The Balaban J connectivity index is 1.71. The molecule has 0 atom stereocenters. The summed E-state index contributed by atoms with van der Waals surface area (Å²) >= 11 is 0. The van der Waals surface area contributed by atoms with Crippen LogP contribution in [-0.4, -0.2) is 23.1 Å². The molecule has 3 aromatic carbocycles. The number of hydrogen-bond acceptors (Lipinski definition) is 3. The summed E-state index contributed by atoms with van der Waals surface area (Å²) in [5.41, 5.74) is 3.65. The molecule has 1 N–H and O–H groups in total. The molecule has 0 aliphatic heterocycles. The third-order valence-corrected chi connectivity index (χ3v) is 5.48. The molecule has 4 rings (SSSR count). The van der Waals surface area contributed by atoms with Crippen molar-refractivity contribution in [3.8, 4) is 0 Å². The zero-order valence-corrected chi connectivity index (χ0v) is 18.3. The minimum Gasteiger partial charge on any atom is -0.461 e. The van der Waals surface area contributed by atoms with Crippen LogP contribution in [0.2, 0.25) is 0 Å². The number of fused-ring (bicyclic) bond motifs is 3. The zero-order valence-electron chi connectivity index (χ0n) is 18.3. The van der Waals surface area contributed by atoms with Crippen molar-refractivity contribution in [2.24, 2.45) is 7.05 Å². The Bertz CT molecular complexity index is 1300. The Labute approximate surface area is 187 Å². The Morgan fingerprint density at radius 3 is 2.44 bits per heavy atom. The third-order valence-electron chi connectivity index (χ3n) is 5.48. The van der Waals surface area contributed by atoms with Gasteiger partial charge in [0.25, 0.3) is 5.91 Å². The molecule has 5 nitrogen and oxygen atoms in total. The van der Waals surface area contributed by atoms with Gasteiger partial charge in [0, 0.05) is 34.4 Å². The standard InChI is InChI=1S/C27H26N2O3/c1-3-4-16-32-27(31)23(28-26(30)20-10-6-5-7-11-20)18-19-14-15-25-22(17-19)21-12-8-9-13-24(21)29(25)2/h5-15,17-18H,3-4,16H2,1-2H3,(H,28,30)/b23-18+. The van der Waals surface area contributed by atoms with Crippen molar-refractivity contribution >= 4 is 39.8 Å². The third kappa shape index (κ3) is 4.42. The van der Waals surface area contributed by atoms with E-state index in [1.807, 2.05) is 50.4 Å². The summed E-state index contributed by atoms with van der Waals surface area (Å²) in [5.74, 6) is -0.892. The van der Waals surface area contributed by atoms with Gasteiger partial charge >= 0.3 is 5.97 Å². The fourth-order valence-electron chi connectivity index (χ4n) is 3.76. The number of ether oxygens (including phenoxy) is 1. The molecule has 32 heavy (non-hydrogen) atoms. The summed E-state index contributed by atoms with van der Waals surface area (Å²) in [4.78, 5) is 25.5. The summed E-state index contributed by atoms with van der Waals surface area (Å²) < 4.78 is 7.54. The van der Waals surface area contributed by atoms with E-state index < -0.39 is 5.97 Å². The molecule has 0 bridgehead atoms. The van der Waals surface area contributed by atoms with Crippen molar-refractivity contribution < 1.29 is 14.3 Å². The first kappa shape index (κ1) is 21.4. The highest BCUT2D eigenvalue weighted by Gasteiger charge is 2.16. The monoisotopic (exact) mass is 426 g/mol. The number of hydrogen-bond donors (Lipinski definition) is 1. The Morgan fingerprint density at radius 1 is 0.938 bits per heavy atom. The van der Waals surface area contributed by atoms with Crippen LogP contribution < -0.4 is 5.32 Å². The van der Waals surface area contributed by atoms with E-state index in [1.54, 1.807) is 30.3 Å². The molecular formula is C27H26N2O3. The van der Waals surface area contributed by atoms with Crippen LogP contribution in [0.15, 0.2) is 78.5 Å². The van der Waals surface area contributed by atoms with E-state index in [2.05, 4.69) is 22.0 Å². The van der Waals surface area contributed by atoms with Crippen LogP contribution in [0.4, 0.5) is 0 Å². The number of aryl methyl sites for hydroxylation is 1. The maximum absolute atomic E-state index is 12.8. The topological polar surface area (TPSA) is 60.3 Å². The lowest BCUT2D eigenvalue weighted by molar-refractivity contribution is -0.139. The van der Waals surface area contributed by atoms with Gasteiger partial charge < -0.3 is 14.6 Å². The van der Waals surface area contributed by atoms with Crippen LogP contribution in [0.3, 0.4) is 0 Å². The lowest BCUT2D eigenvalue weighted by Crippen LogP contribution is -2.28. The quantitative estimate of drug-likeness (QED) is 0.243. The molecule has 1 amide bonds. The number of carbonyl (C=O) groups is 2. The lowest BCUT2D eigenvalue weighted by Gasteiger charge is -2.10. The van der Waals surface area contributed by atoms with Gasteiger partial charge in [0.1, 0.15) is 5.70 Å². The van der Waals surface area contributed by atoms with Crippen LogP contribution >= 0.6 is 0 Å². The maximum Gasteiger partial charge on any atom is 0.354 e. The van der Waals surface area contributed by atoms with E-state index in [0.29, 0.717) is 12.2 Å². The average Bonchev–Trinajstić information content (AvgIpc) is 3.11. The molecular weight excluding hydrogens is 400 g/mol. The second-order valence-electron chi connectivity index (χ2n) is 7.72. The van der Waals surface area contributed by atoms with Crippen LogP contribution in [0.5, 0.6) is 0 Å². The fourth-order valence-corrected chi connectivity index (χ4v) is 3.76. The number of nitrogens with zero attached hydrogens (tertiary/aromatic N) is 1. The van der Waals surface area contributed by atoms with Gasteiger partial charge in [0.2, 0.25) is 0 Å². The number of aromatic nitrogens is 1. The molecule has 162 valence electrons. The van der Waals surface area contributed by atoms with Crippen LogP contribution in [0.1, 0.15) is 35.7 Å². The van der Waals surface area contributed by atoms with Crippen molar-refractivity contribution in [1.82, 2.24) is 9.88 Å². The fraction of sp³-hybridized carbons (Fsp3) is 0.185. The zero-order chi connectivity index (χ0) is 22.5. The average molecular weight is 427 g/mol. The molecule has 0 unspecified atom stereocenters. The molecule has 0 saturated heterocycles. The Hall–Kier alpha value is -3.86. The number of carbonyl (C=O) groups excluding carboxylic acids is 2. The summed E-state index contributed by atoms with van der Waals surface area (Å²) in [6, 6.07) is 23.0. The number of esters is 1. The van der Waals surface area contributed by atoms with Gasteiger partial charge in [0.05, 0.1) is 6.61 Å². The van der Waals surface area contributed by atoms with Gasteiger partial charge in [-0.1, -0.05) is 55.8 Å². The number of rotatable bonds is 7. The number of benzene rings is 3. The first-order valence-corrected chi connectivity index (χ1v) is 10.8.